The molecule has 0 saturated heterocycles. The Morgan fingerprint density at radius 3 is 1.79 bits per heavy atom. The molecule has 13 nitrogen and oxygen atoms in total. The summed E-state index contributed by atoms with van der Waals surface area (Å²) in [6.45, 7) is 3.74. The third kappa shape index (κ3) is 11.5. The van der Waals surface area contributed by atoms with E-state index >= 15 is 0 Å². The number of nitrogens with one attached hydrogen (secondary N) is 3. The number of aliphatic imine (C=N–C) groups is 1. The molecule has 0 radical (unpaired) electrons. The lowest BCUT2D eigenvalue weighted by Crippen LogP contribution is -2.58. The number of carboxylic acids is 1. The number of phenols is 1. The number of benzene rings is 2. The summed E-state index contributed by atoms with van der Waals surface area (Å²) in [6, 6.07) is 10.6. The molecule has 0 spiro atoms. The number of amides is 3. The van der Waals surface area contributed by atoms with Crippen LogP contribution < -0.4 is 33.2 Å². The minimum Gasteiger partial charge on any atom is -0.508 e. The molecule has 228 valence electrons. The van der Waals surface area contributed by atoms with Crippen LogP contribution in [0.2, 0.25) is 0 Å². The minimum atomic E-state index is -1.27. The first-order chi connectivity index (χ1) is 19.9. The van der Waals surface area contributed by atoms with Gasteiger partial charge in [0.15, 0.2) is 5.96 Å². The number of nitrogens with zero attached hydrogens (tertiary/aromatic N) is 1. The number of carbonyl (C=O) groups is 4. The average Bonchev–Trinajstić information content (AvgIpc) is 2.94. The van der Waals surface area contributed by atoms with E-state index in [0.717, 1.165) is 5.56 Å². The summed E-state index contributed by atoms with van der Waals surface area (Å²) in [5.74, 6) is -3.47. The molecule has 4 atom stereocenters. The van der Waals surface area contributed by atoms with E-state index in [1.807, 2.05) is 6.07 Å². The van der Waals surface area contributed by atoms with Crippen LogP contribution in [0.15, 0.2) is 59.6 Å². The van der Waals surface area contributed by atoms with Gasteiger partial charge in [0.05, 0.1) is 6.04 Å². The van der Waals surface area contributed by atoms with Crippen molar-refractivity contribution < 1.29 is 29.4 Å². The summed E-state index contributed by atoms with van der Waals surface area (Å²) in [4.78, 5) is 55.5. The highest BCUT2D eigenvalue weighted by atomic mass is 16.4. The fourth-order valence-corrected chi connectivity index (χ4v) is 4.01. The van der Waals surface area contributed by atoms with Crippen molar-refractivity contribution in [2.24, 2.45) is 28.1 Å². The Morgan fingerprint density at radius 2 is 1.29 bits per heavy atom. The van der Waals surface area contributed by atoms with E-state index in [4.69, 9.17) is 17.2 Å². The molecule has 4 unspecified atom stereocenters. The smallest absolute Gasteiger partial charge is 0.326 e. The second kappa shape index (κ2) is 16.6. The topological polar surface area (TPSA) is 235 Å². The average molecular weight is 584 g/mol. The highest BCUT2D eigenvalue weighted by Gasteiger charge is 2.31. The van der Waals surface area contributed by atoms with Crippen LogP contribution in [0.1, 0.15) is 37.8 Å². The van der Waals surface area contributed by atoms with Gasteiger partial charge in [-0.15, -0.1) is 0 Å². The molecule has 42 heavy (non-hydrogen) atoms. The molecule has 0 heterocycles. The maximum atomic E-state index is 13.6. The van der Waals surface area contributed by atoms with Gasteiger partial charge in [0.25, 0.3) is 0 Å². The number of carboxylic acid groups (broad SMARTS) is 1. The van der Waals surface area contributed by atoms with Crippen LogP contribution in [-0.4, -0.2) is 70.6 Å². The number of guanidine groups is 1. The fraction of sp³-hybridized carbons (Fsp3) is 0.414. The van der Waals surface area contributed by atoms with Crippen LogP contribution in [-0.2, 0) is 32.0 Å². The van der Waals surface area contributed by atoms with E-state index in [2.05, 4.69) is 20.9 Å². The van der Waals surface area contributed by atoms with E-state index in [1.165, 1.54) is 12.1 Å². The lowest BCUT2D eigenvalue weighted by Gasteiger charge is -2.26. The predicted octanol–water partition coefficient (Wildman–Crippen LogP) is -0.247. The first-order valence-corrected chi connectivity index (χ1v) is 13.6. The summed E-state index contributed by atoms with van der Waals surface area (Å²) < 4.78 is 0. The fourth-order valence-electron chi connectivity index (χ4n) is 4.01. The number of hydrogen-bond acceptors (Lipinski definition) is 7. The van der Waals surface area contributed by atoms with Crippen LogP contribution in [0.4, 0.5) is 0 Å². The molecule has 0 aliphatic rings. The first kappa shape index (κ1) is 33.6. The van der Waals surface area contributed by atoms with Crippen molar-refractivity contribution in [2.75, 3.05) is 6.54 Å². The number of aromatic hydroxyl groups is 1. The second-order valence-electron chi connectivity index (χ2n) is 10.3. The van der Waals surface area contributed by atoms with Gasteiger partial charge in [-0.2, -0.15) is 0 Å². The number of hydrogen-bond donors (Lipinski definition) is 8. The molecule has 3 amide bonds. The normalized spacial score (nSPS) is 13.7. The van der Waals surface area contributed by atoms with Gasteiger partial charge in [0.2, 0.25) is 17.7 Å². The highest BCUT2D eigenvalue weighted by molar-refractivity contribution is 5.94. The van der Waals surface area contributed by atoms with Crippen molar-refractivity contribution in [1.82, 2.24) is 16.0 Å². The Hall–Kier alpha value is -4.65. The molecule has 2 aromatic rings. The van der Waals surface area contributed by atoms with E-state index in [0.29, 0.717) is 5.56 Å². The molecular weight excluding hydrogens is 542 g/mol. The zero-order valence-corrected chi connectivity index (χ0v) is 23.8. The molecular formula is C29H41N7O6. The molecule has 0 aliphatic carbocycles. The van der Waals surface area contributed by atoms with Gasteiger partial charge in [-0.25, -0.2) is 4.79 Å². The largest absolute Gasteiger partial charge is 0.508 e. The quantitative estimate of drug-likeness (QED) is 0.0738. The SMILES string of the molecule is CC(C)C(N)C(=O)NC(Cc1ccccc1)C(=O)NC(Cc1ccc(O)cc1)C(=O)NC(CCCN=C(N)N)C(=O)O. The van der Waals surface area contributed by atoms with Crippen molar-refractivity contribution in [3.8, 4) is 5.75 Å². The van der Waals surface area contributed by atoms with E-state index in [-0.39, 0.29) is 49.9 Å². The van der Waals surface area contributed by atoms with Gasteiger partial charge < -0.3 is 43.4 Å². The van der Waals surface area contributed by atoms with Crippen molar-refractivity contribution in [3.63, 3.8) is 0 Å². The Balaban J connectivity index is 2.30. The molecule has 11 N–H and O–H groups in total. The van der Waals surface area contributed by atoms with Crippen LogP contribution in [0.25, 0.3) is 0 Å². The van der Waals surface area contributed by atoms with Gasteiger partial charge in [-0.3, -0.25) is 19.4 Å². The van der Waals surface area contributed by atoms with Crippen molar-refractivity contribution in [2.45, 2.75) is 63.7 Å². The maximum absolute atomic E-state index is 13.6. The van der Waals surface area contributed by atoms with Crippen LogP contribution in [0, 0.1) is 5.92 Å². The third-order valence-corrected chi connectivity index (χ3v) is 6.51. The van der Waals surface area contributed by atoms with Crippen LogP contribution in [0.3, 0.4) is 0 Å². The minimum absolute atomic E-state index is 0.0163. The van der Waals surface area contributed by atoms with Gasteiger partial charge in [0.1, 0.15) is 23.9 Å². The summed E-state index contributed by atoms with van der Waals surface area (Å²) >= 11 is 0. The zero-order valence-electron chi connectivity index (χ0n) is 23.8. The van der Waals surface area contributed by atoms with Crippen LogP contribution in [0.5, 0.6) is 5.75 Å². The molecule has 2 aromatic carbocycles. The Bertz CT molecular complexity index is 1220. The van der Waals surface area contributed by atoms with Gasteiger partial charge >= 0.3 is 5.97 Å². The molecule has 0 aliphatic heterocycles. The lowest BCUT2D eigenvalue weighted by molar-refractivity contribution is -0.142. The molecule has 0 fully saturated rings. The standard InChI is InChI=1S/C29H41N7O6/c1-17(2)24(30)27(40)36-23(15-18-7-4-3-5-8-18)26(39)35-22(16-19-10-12-20(37)13-11-19)25(38)34-21(28(41)42)9-6-14-33-29(31)32/h3-5,7-8,10-13,17,21-24,37H,6,9,14-16,30H2,1-2H3,(H,34,38)(H,35,39)(H,36,40)(H,41,42)(H4,31,32,33). The number of phenolic OH excluding ortho intramolecular Hbond substituents is 1. The van der Waals surface area contributed by atoms with Gasteiger partial charge in [-0.05, 0) is 42.0 Å². The van der Waals surface area contributed by atoms with Crippen LogP contribution >= 0.6 is 0 Å². The summed E-state index contributed by atoms with van der Waals surface area (Å²) in [6.07, 6.45) is 0.429. The molecule has 0 aromatic heterocycles. The Kier molecular flexibility index (Phi) is 13.2. The first-order valence-electron chi connectivity index (χ1n) is 13.6. The molecule has 0 saturated carbocycles. The number of rotatable bonds is 16. The zero-order chi connectivity index (χ0) is 31.2. The molecule has 2 rings (SSSR count). The molecule has 13 heteroatoms. The maximum Gasteiger partial charge on any atom is 0.326 e. The monoisotopic (exact) mass is 583 g/mol. The number of carbonyl (C=O) groups excluding carboxylic acids is 3. The summed E-state index contributed by atoms with van der Waals surface area (Å²) in [5.41, 5.74) is 18.0. The lowest BCUT2D eigenvalue weighted by atomic mass is 10.0. The van der Waals surface area contributed by atoms with Gasteiger partial charge in [0, 0.05) is 19.4 Å². The second-order valence-corrected chi connectivity index (χ2v) is 10.3. The Morgan fingerprint density at radius 1 is 0.786 bits per heavy atom. The predicted molar refractivity (Wildman–Crippen MR) is 158 cm³/mol. The number of aliphatic carboxylic acids is 1. The Labute approximate surface area is 244 Å². The summed E-state index contributed by atoms with van der Waals surface area (Å²) in [5, 5.41) is 27.2. The summed E-state index contributed by atoms with van der Waals surface area (Å²) in [7, 11) is 0. The van der Waals surface area contributed by atoms with E-state index in [1.54, 1.807) is 50.2 Å². The van der Waals surface area contributed by atoms with Crippen molar-refractivity contribution in [3.05, 3.63) is 65.7 Å². The van der Waals surface area contributed by atoms with E-state index in [9.17, 15) is 29.4 Å². The van der Waals surface area contributed by atoms with Crippen molar-refractivity contribution >= 4 is 29.7 Å². The third-order valence-electron chi connectivity index (χ3n) is 6.51. The van der Waals surface area contributed by atoms with Crippen molar-refractivity contribution in [1.29, 1.82) is 0 Å². The number of nitrogens with two attached hydrogens (primary N) is 3. The highest BCUT2D eigenvalue weighted by Crippen LogP contribution is 2.13. The van der Waals surface area contributed by atoms with Gasteiger partial charge in [-0.1, -0.05) is 56.3 Å². The van der Waals surface area contributed by atoms with E-state index < -0.39 is 47.9 Å². The molecule has 0 bridgehead atoms.